The lowest BCUT2D eigenvalue weighted by Crippen LogP contribution is -2.42. The van der Waals surface area contributed by atoms with Crippen LogP contribution in [0.4, 0.5) is 13.2 Å². The van der Waals surface area contributed by atoms with Gasteiger partial charge < -0.3 is 10.6 Å². The highest BCUT2D eigenvalue weighted by atomic mass is 35.5. The zero-order valence-electron chi connectivity index (χ0n) is 15.1. The van der Waals surface area contributed by atoms with E-state index < -0.39 is 28.8 Å². The van der Waals surface area contributed by atoms with Crippen LogP contribution in [0.3, 0.4) is 0 Å². The summed E-state index contributed by atoms with van der Waals surface area (Å²) < 4.78 is 41.1. The number of benzene rings is 1. The molecule has 1 aromatic heterocycles. The predicted octanol–water partition coefficient (Wildman–Crippen LogP) is 2.54. The molecule has 1 aliphatic rings. The molecule has 1 aromatic carbocycles. The Morgan fingerprint density at radius 3 is 2.64 bits per heavy atom. The second kappa shape index (κ2) is 8.32. The fraction of sp³-hybridized carbons (Fsp3) is 0.389. The van der Waals surface area contributed by atoms with E-state index in [0.29, 0.717) is 6.54 Å². The Labute approximate surface area is 165 Å². The topological polar surface area (TPSA) is 81.2 Å². The number of para-hydroxylation sites is 1. The summed E-state index contributed by atoms with van der Waals surface area (Å²) in [7, 11) is 0. The fourth-order valence-electron chi connectivity index (χ4n) is 3.32. The van der Waals surface area contributed by atoms with E-state index in [1.165, 1.54) is 30.0 Å². The number of halogens is 4. The average molecular weight is 417 g/mol. The van der Waals surface area contributed by atoms with Crippen LogP contribution < -0.4 is 11.2 Å². The first-order valence-electron chi connectivity index (χ1n) is 8.52. The molecule has 152 valence electrons. The number of nitrogens with two attached hydrogens (primary N) is 1. The zero-order chi connectivity index (χ0) is 19.8. The van der Waals surface area contributed by atoms with Crippen LogP contribution in [0.15, 0.2) is 35.1 Å². The van der Waals surface area contributed by atoms with Crippen molar-refractivity contribution in [2.45, 2.75) is 32.0 Å². The number of alkyl halides is 3. The van der Waals surface area contributed by atoms with Crippen molar-refractivity contribution in [2.24, 2.45) is 5.73 Å². The van der Waals surface area contributed by atoms with Crippen LogP contribution in [0.1, 0.15) is 34.6 Å². The smallest absolute Gasteiger partial charge is 0.333 e. The fourth-order valence-corrected chi connectivity index (χ4v) is 3.32. The molecule has 1 fully saturated rings. The maximum atomic E-state index is 13.4. The molecule has 3 rings (SSSR count). The Balaban J connectivity index is 0.00000280. The summed E-state index contributed by atoms with van der Waals surface area (Å²) in [5, 5.41) is 4.00. The van der Waals surface area contributed by atoms with Gasteiger partial charge in [0.25, 0.3) is 5.91 Å². The minimum atomic E-state index is -4.60. The number of carbonyl (C=O) groups excluding carboxylic acids is 1. The molecule has 1 amide bonds. The van der Waals surface area contributed by atoms with Crippen molar-refractivity contribution in [1.82, 2.24) is 14.7 Å². The Bertz CT molecular complexity index is 930. The second-order valence-electron chi connectivity index (χ2n) is 6.46. The summed E-state index contributed by atoms with van der Waals surface area (Å²) in [5.74, 6) is -0.605. The third-order valence-corrected chi connectivity index (χ3v) is 4.66. The third-order valence-electron chi connectivity index (χ3n) is 4.66. The molecule has 2 heterocycles. The predicted molar refractivity (Wildman–Crippen MR) is 99.9 cm³/mol. The van der Waals surface area contributed by atoms with E-state index in [1.54, 1.807) is 0 Å². The molecule has 1 aliphatic heterocycles. The van der Waals surface area contributed by atoms with Crippen LogP contribution in [0.5, 0.6) is 0 Å². The van der Waals surface area contributed by atoms with Gasteiger partial charge in [-0.25, -0.2) is 4.68 Å². The maximum absolute atomic E-state index is 13.4. The van der Waals surface area contributed by atoms with E-state index >= 15 is 0 Å². The van der Waals surface area contributed by atoms with Crippen molar-refractivity contribution >= 4 is 18.3 Å². The van der Waals surface area contributed by atoms with Gasteiger partial charge in [0.2, 0.25) is 5.43 Å². The Morgan fingerprint density at radius 1 is 1.32 bits per heavy atom. The normalized spacial score (nSPS) is 16.8. The van der Waals surface area contributed by atoms with Crippen molar-refractivity contribution < 1.29 is 18.0 Å². The number of hydrogen-bond acceptors (Lipinski definition) is 4. The van der Waals surface area contributed by atoms with Crippen LogP contribution in [0, 0.1) is 6.92 Å². The van der Waals surface area contributed by atoms with Crippen molar-refractivity contribution in [3.8, 4) is 5.69 Å². The van der Waals surface area contributed by atoms with Gasteiger partial charge in [-0.15, -0.1) is 12.4 Å². The molecular weight excluding hydrogens is 397 g/mol. The van der Waals surface area contributed by atoms with Crippen LogP contribution in [-0.4, -0.2) is 39.7 Å². The van der Waals surface area contributed by atoms with Gasteiger partial charge in [0, 0.05) is 30.9 Å². The molecule has 0 aliphatic carbocycles. The first kappa shape index (κ1) is 21.9. The third kappa shape index (κ3) is 4.05. The molecular formula is C18H20ClF3N4O2. The van der Waals surface area contributed by atoms with Gasteiger partial charge in [-0.3, -0.25) is 9.59 Å². The van der Waals surface area contributed by atoms with Gasteiger partial charge in [-0.1, -0.05) is 12.1 Å². The molecule has 6 nitrogen and oxygen atoms in total. The van der Waals surface area contributed by atoms with Crippen LogP contribution in [0.2, 0.25) is 0 Å². The standard InChI is InChI=1S/C18H19F3N4O2.ClH/c1-11-9-15(26)16(17(27)24-8-4-5-12(24)10-22)23-25(11)14-7-3-2-6-13(14)18(19,20)21;/h2-3,6-7,9,12H,4-5,8,10,22H2,1H3;1H. The van der Waals surface area contributed by atoms with E-state index in [1.807, 2.05) is 0 Å². The van der Waals surface area contributed by atoms with Crippen molar-refractivity contribution in [3.63, 3.8) is 0 Å². The van der Waals surface area contributed by atoms with Crippen LogP contribution in [0.25, 0.3) is 5.69 Å². The van der Waals surface area contributed by atoms with E-state index in [4.69, 9.17) is 5.73 Å². The highest BCUT2D eigenvalue weighted by Crippen LogP contribution is 2.33. The number of hydrogen-bond donors (Lipinski definition) is 1. The quantitative estimate of drug-likeness (QED) is 0.833. The average Bonchev–Trinajstić information content (AvgIpc) is 3.09. The minimum absolute atomic E-state index is 0. The number of aromatic nitrogens is 2. The van der Waals surface area contributed by atoms with Crippen molar-refractivity contribution in [1.29, 1.82) is 0 Å². The number of nitrogens with zero attached hydrogens (tertiary/aromatic N) is 3. The molecule has 1 saturated heterocycles. The highest BCUT2D eigenvalue weighted by molar-refractivity contribution is 5.92. The van der Waals surface area contributed by atoms with Gasteiger partial charge >= 0.3 is 6.18 Å². The number of rotatable bonds is 3. The lowest BCUT2D eigenvalue weighted by Gasteiger charge is -2.23. The summed E-state index contributed by atoms with van der Waals surface area (Å²) in [6.07, 6.45) is -3.12. The van der Waals surface area contributed by atoms with E-state index in [2.05, 4.69) is 5.10 Å². The molecule has 10 heteroatoms. The lowest BCUT2D eigenvalue weighted by molar-refractivity contribution is -0.137. The number of aryl methyl sites for hydroxylation is 1. The van der Waals surface area contributed by atoms with E-state index in [9.17, 15) is 22.8 Å². The van der Waals surface area contributed by atoms with Gasteiger partial charge in [0.15, 0.2) is 5.69 Å². The molecule has 0 saturated carbocycles. The largest absolute Gasteiger partial charge is 0.418 e. The monoisotopic (exact) mass is 416 g/mol. The van der Waals surface area contributed by atoms with Crippen molar-refractivity contribution in [2.75, 3.05) is 13.1 Å². The van der Waals surface area contributed by atoms with Crippen molar-refractivity contribution in [3.05, 3.63) is 57.5 Å². The highest BCUT2D eigenvalue weighted by Gasteiger charge is 2.35. The summed E-state index contributed by atoms with van der Waals surface area (Å²) in [6.45, 7) is 2.16. The molecule has 0 radical (unpaired) electrons. The summed E-state index contributed by atoms with van der Waals surface area (Å²) in [6, 6.07) is 5.82. The number of carbonyl (C=O) groups is 1. The molecule has 1 atom stereocenters. The van der Waals surface area contributed by atoms with Gasteiger partial charge in [-0.2, -0.15) is 18.3 Å². The van der Waals surface area contributed by atoms with Gasteiger partial charge in [0.05, 0.1) is 11.3 Å². The first-order valence-corrected chi connectivity index (χ1v) is 8.52. The van der Waals surface area contributed by atoms with E-state index in [-0.39, 0.29) is 36.4 Å². The molecule has 2 aromatic rings. The maximum Gasteiger partial charge on any atom is 0.418 e. The number of amides is 1. The Kier molecular flexibility index (Phi) is 6.51. The van der Waals surface area contributed by atoms with Gasteiger partial charge in [-0.05, 0) is 31.9 Å². The minimum Gasteiger partial charge on any atom is -0.333 e. The van der Waals surface area contributed by atoms with Crippen LogP contribution in [-0.2, 0) is 6.18 Å². The summed E-state index contributed by atoms with van der Waals surface area (Å²) >= 11 is 0. The SMILES string of the molecule is Cc1cc(=O)c(C(=O)N2CCCC2CN)nn1-c1ccccc1C(F)(F)F.Cl. The van der Waals surface area contributed by atoms with E-state index in [0.717, 1.165) is 29.7 Å². The Hall–Kier alpha value is -2.39. The lowest BCUT2D eigenvalue weighted by atomic mass is 10.1. The molecule has 1 unspecified atom stereocenters. The first-order chi connectivity index (χ1) is 12.7. The number of likely N-dealkylation sites (tertiary alicyclic amines) is 1. The second-order valence-corrected chi connectivity index (χ2v) is 6.46. The van der Waals surface area contributed by atoms with Crippen LogP contribution >= 0.6 is 12.4 Å². The molecule has 0 bridgehead atoms. The zero-order valence-corrected chi connectivity index (χ0v) is 15.9. The molecule has 2 N–H and O–H groups in total. The summed E-state index contributed by atoms with van der Waals surface area (Å²) in [5.41, 5.74) is 3.70. The molecule has 0 spiro atoms. The summed E-state index contributed by atoms with van der Waals surface area (Å²) in [4.78, 5) is 26.6. The van der Waals surface area contributed by atoms with Gasteiger partial charge in [0.1, 0.15) is 0 Å². The Morgan fingerprint density at radius 2 is 2.00 bits per heavy atom. The molecule has 28 heavy (non-hydrogen) atoms.